The Morgan fingerprint density at radius 1 is 0.447 bits per heavy atom. The zero-order valence-corrected chi connectivity index (χ0v) is 26.3. The molecule has 2 aliphatic heterocycles. The van der Waals surface area contributed by atoms with Crippen LogP contribution in [0.15, 0.2) is 174 Å². The van der Waals surface area contributed by atoms with E-state index in [4.69, 9.17) is 0 Å². The first-order valence-electron chi connectivity index (χ1n) is 16.3. The molecule has 47 heavy (non-hydrogen) atoms. The van der Waals surface area contributed by atoms with E-state index in [1.165, 1.54) is 92.2 Å². The van der Waals surface area contributed by atoms with Gasteiger partial charge in [0, 0.05) is 20.6 Å². The molecule has 1 spiro atoms. The van der Waals surface area contributed by atoms with Gasteiger partial charge in [0.2, 0.25) is 0 Å². The van der Waals surface area contributed by atoms with Gasteiger partial charge in [-0.1, -0.05) is 151 Å². The van der Waals surface area contributed by atoms with Crippen molar-refractivity contribution in [1.82, 2.24) is 4.57 Å². The lowest BCUT2D eigenvalue weighted by atomic mass is 9.62. The van der Waals surface area contributed by atoms with Gasteiger partial charge in [0.1, 0.15) is 0 Å². The molecule has 2 heteroatoms. The second-order valence-corrected chi connectivity index (χ2v) is 13.9. The van der Waals surface area contributed by atoms with Crippen LogP contribution in [0.25, 0.3) is 60.2 Å². The fourth-order valence-corrected chi connectivity index (χ4v) is 10.1. The second kappa shape index (κ2) is 9.25. The molecular formula is C45H27NS. The monoisotopic (exact) mass is 613 g/mol. The van der Waals surface area contributed by atoms with Gasteiger partial charge >= 0.3 is 0 Å². The van der Waals surface area contributed by atoms with Crippen molar-refractivity contribution in [2.24, 2.45) is 0 Å². The first-order valence-corrected chi connectivity index (χ1v) is 17.1. The van der Waals surface area contributed by atoms with Crippen LogP contribution in [0, 0.1) is 0 Å². The zero-order chi connectivity index (χ0) is 30.7. The lowest BCUT2D eigenvalue weighted by molar-refractivity contribution is 0.690. The zero-order valence-electron chi connectivity index (χ0n) is 25.4. The van der Waals surface area contributed by atoms with Gasteiger partial charge < -0.3 is 4.57 Å². The molecule has 0 fully saturated rings. The maximum atomic E-state index is 2.52. The molecule has 1 nitrogen and oxygen atoms in total. The van der Waals surface area contributed by atoms with E-state index in [1.54, 1.807) is 0 Å². The first kappa shape index (κ1) is 25.6. The quantitative estimate of drug-likeness (QED) is 0.167. The Morgan fingerprint density at radius 3 is 2.09 bits per heavy atom. The van der Waals surface area contributed by atoms with Gasteiger partial charge in [-0.2, -0.15) is 0 Å². The molecule has 0 amide bonds. The average molecular weight is 614 g/mol. The molecule has 0 N–H and O–H groups in total. The number of benzene rings is 8. The Hall–Kier alpha value is -5.57. The van der Waals surface area contributed by atoms with Gasteiger partial charge in [0.15, 0.2) is 0 Å². The lowest BCUT2D eigenvalue weighted by Crippen LogP contribution is -2.37. The van der Waals surface area contributed by atoms with Crippen LogP contribution in [-0.2, 0) is 5.41 Å². The number of aromatic nitrogens is 1. The van der Waals surface area contributed by atoms with Gasteiger partial charge in [-0.15, -0.1) is 0 Å². The van der Waals surface area contributed by atoms with Crippen molar-refractivity contribution in [2.45, 2.75) is 15.2 Å². The van der Waals surface area contributed by atoms with Gasteiger partial charge in [-0.25, -0.2) is 0 Å². The van der Waals surface area contributed by atoms with E-state index < -0.39 is 5.41 Å². The smallest absolute Gasteiger partial charge is 0.0764 e. The number of hydrogen-bond acceptors (Lipinski definition) is 1. The third kappa shape index (κ3) is 3.21. The summed E-state index contributed by atoms with van der Waals surface area (Å²) < 4.78 is 2.52. The van der Waals surface area contributed by atoms with E-state index in [1.807, 2.05) is 11.8 Å². The molecule has 0 bridgehead atoms. The third-order valence-corrected chi connectivity index (χ3v) is 11.8. The van der Waals surface area contributed by atoms with Crippen molar-refractivity contribution in [2.75, 3.05) is 0 Å². The van der Waals surface area contributed by atoms with Crippen molar-refractivity contribution in [3.63, 3.8) is 0 Å². The third-order valence-electron chi connectivity index (χ3n) is 10.6. The topological polar surface area (TPSA) is 4.93 Å². The summed E-state index contributed by atoms with van der Waals surface area (Å²) in [6.07, 6.45) is 0. The van der Waals surface area contributed by atoms with E-state index in [2.05, 4.69) is 168 Å². The molecule has 3 heterocycles. The number of para-hydroxylation sites is 3. The van der Waals surface area contributed by atoms with Crippen molar-refractivity contribution in [1.29, 1.82) is 0 Å². The Bertz CT molecular complexity index is 2790. The van der Waals surface area contributed by atoms with E-state index in [9.17, 15) is 0 Å². The fourth-order valence-electron chi connectivity index (χ4n) is 8.75. The van der Waals surface area contributed by atoms with Gasteiger partial charge in [0.25, 0.3) is 0 Å². The number of hydrogen-bond donors (Lipinski definition) is 0. The summed E-state index contributed by atoms with van der Waals surface area (Å²) in [5.74, 6) is 0. The molecule has 1 atom stereocenters. The predicted octanol–water partition coefficient (Wildman–Crippen LogP) is 11.9. The molecule has 218 valence electrons. The molecule has 11 rings (SSSR count). The van der Waals surface area contributed by atoms with Gasteiger partial charge in [0.05, 0.1) is 22.1 Å². The van der Waals surface area contributed by atoms with Crippen LogP contribution in [0.2, 0.25) is 0 Å². The maximum Gasteiger partial charge on any atom is 0.0764 e. The van der Waals surface area contributed by atoms with Crippen LogP contribution in [-0.4, -0.2) is 4.57 Å². The molecular weight excluding hydrogens is 587 g/mol. The summed E-state index contributed by atoms with van der Waals surface area (Å²) in [5.41, 5.74) is 11.3. The molecule has 0 saturated heterocycles. The molecule has 8 aromatic carbocycles. The minimum Gasteiger partial charge on any atom is -0.309 e. The first-order chi connectivity index (χ1) is 23.3. The minimum absolute atomic E-state index is 0.472. The van der Waals surface area contributed by atoms with E-state index >= 15 is 0 Å². The van der Waals surface area contributed by atoms with Crippen LogP contribution in [0.3, 0.4) is 0 Å². The molecule has 1 aromatic heterocycles. The fraction of sp³-hybridized carbons (Fsp3) is 0.0222. The highest BCUT2D eigenvalue weighted by Crippen LogP contribution is 2.61. The number of fused-ring (bicyclic) bond motifs is 14. The Morgan fingerprint density at radius 2 is 1.13 bits per heavy atom. The summed E-state index contributed by atoms with van der Waals surface area (Å²) in [6.45, 7) is 0. The van der Waals surface area contributed by atoms with Crippen LogP contribution in [0.5, 0.6) is 0 Å². The summed E-state index contributed by atoms with van der Waals surface area (Å²) in [6, 6.07) is 61.3. The number of rotatable bonds is 1. The lowest BCUT2D eigenvalue weighted by Gasteiger charge is -2.45. The standard InChI is InChI=1S/C45H27NS/c1-2-12-31-28(11-1)23-24-29-27-30(25-26-32(29)31)33-14-9-19-39-44(33)47-42-22-8-5-17-37(42)45(39)36-16-4-7-21-41(36)46-40-20-6-3-13-34(40)35-15-10-18-38(45)43(35)46/h1-27H. The van der Waals surface area contributed by atoms with E-state index in [-0.39, 0.29) is 0 Å². The van der Waals surface area contributed by atoms with Gasteiger partial charge in [-0.3, -0.25) is 0 Å². The SMILES string of the molecule is c1ccc2c(c1)Sc1c(-c3ccc4c(ccc5ccccc54)c3)cccc1C21c2ccccc2-n2c3ccccc3c3cccc1c32. The molecule has 1 unspecified atom stereocenters. The highest BCUT2D eigenvalue weighted by atomic mass is 32.2. The molecule has 2 aliphatic rings. The van der Waals surface area contributed by atoms with Crippen molar-refractivity contribution < 1.29 is 0 Å². The van der Waals surface area contributed by atoms with Crippen LogP contribution >= 0.6 is 11.8 Å². The summed E-state index contributed by atoms with van der Waals surface area (Å²) >= 11 is 1.92. The van der Waals surface area contributed by atoms with Crippen molar-refractivity contribution in [3.8, 4) is 16.8 Å². The van der Waals surface area contributed by atoms with Crippen LogP contribution < -0.4 is 0 Å². The Balaban J connectivity index is 1.27. The minimum atomic E-state index is -0.472. The number of nitrogens with zero attached hydrogens (tertiary/aromatic N) is 1. The van der Waals surface area contributed by atoms with E-state index in [0.717, 1.165) is 0 Å². The largest absolute Gasteiger partial charge is 0.309 e. The average Bonchev–Trinajstić information content (AvgIpc) is 3.48. The predicted molar refractivity (Wildman–Crippen MR) is 197 cm³/mol. The summed E-state index contributed by atoms with van der Waals surface area (Å²) in [4.78, 5) is 2.65. The van der Waals surface area contributed by atoms with Crippen molar-refractivity contribution in [3.05, 3.63) is 186 Å². The highest BCUT2D eigenvalue weighted by Gasteiger charge is 2.49. The van der Waals surface area contributed by atoms with Crippen LogP contribution in [0.4, 0.5) is 0 Å². The van der Waals surface area contributed by atoms with Crippen molar-refractivity contribution >= 4 is 55.1 Å². The second-order valence-electron chi connectivity index (χ2n) is 12.8. The normalized spacial score (nSPS) is 16.1. The Kier molecular flexibility index (Phi) is 5.04. The van der Waals surface area contributed by atoms with E-state index in [0.29, 0.717) is 0 Å². The van der Waals surface area contributed by atoms with Gasteiger partial charge in [-0.05, 0) is 79.2 Å². The molecule has 9 aromatic rings. The molecule has 0 aliphatic carbocycles. The summed E-state index contributed by atoms with van der Waals surface area (Å²) in [5, 5.41) is 7.76. The van der Waals surface area contributed by atoms with Crippen LogP contribution in [0.1, 0.15) is 22.3 Å². The summed E-state index contributed by atoms with van der Waals surface area (Å²) in [7, 11) is 0. The highest BCUT2D eigenvalue weighted by molar-refractivity contribution is 7.99. The maximum absolute atomic E-state index is 2.52. The Labute approximate surface area is 276 Å². The molecule has 0 saturated carbocycles. The molecule has 0 radical (unpaired) electrons.